The number of morpholine rings is 1. The number of nitrogens with zero attached hydrogens (tertiary/aromatic N) is 2. The molecule has 2 fully saturated rings. The molecular weight excluding hydrogens is 450 g/mol. The number of carbonyl (C=O) groups excluding carboxylic acids is 1. The third kappa shape index (κ3) is 6.05. The summed E-state index contributed by atoms with van der Waals surface area (Å²) in [5.74, 6) is -0.171. The first-order chi connectivity index (χ1) is 16.3. The number of hydrogen-bond donors (Lipinski definition) is 1. The van der Waals surface area contributed by atoms with E-state index in [1.54, 1.807) is 30.3 Å². The van der Waals surface area contributed by atoms with Crippen molar-refractivity contribution in [2.45, 2.75) is 56.9 Å². The van der Waals surface area contributed by atoms with Gasteiger partial charge >= 0.3 is 0 Å². The molecule has 2 unspecified atom stereocenters. The predicted octanol–water partition coefficient (Wildman–Crippen LogP) is 3.01. The summed E-state index contributed by atoms with van der Waals surface area (Å²) in [4.78, 5) is 15.6. The van der Waals surface area contributed by atoms with Crippen molar-refractivity contribution in [3.8, 4) is 0 Å². The molecule has 184 valence electrons. The smallest absolute Gasteiger partial charge is 0.243 e. The van der Waals surface area contributed by atoms with E-state index < -0.39 is 10.0 Å². The standard InChI is InChI=1S/C26H35N3O4S/c1-20-17-28(18-21(2)33-20)19-24-9-7-6-8-23(24)16-27-26(30)22-12-14-29(15-13-22)34(31,32)25-10-4-3-5-11-25/h3-11,20-22H,12-19H2,1-2H3,(H,27,30). The molecule has 0 aromatic heterocycles. The summed E-state index contributed by atoms with van der Waals surface area (Å²) in [5.41, 5.74) is 2.33. The minimum absolute atomic E-state index is 0.000166. The SMILES string of the molecule is CC1CN(Cc2ccccc2CNC(=O)C2CCN(S(=O)(=O)c3ccccc3)CC2)CC(C)O1. The van der Waals surface area contributed by atoms with E-state index in [0.717, 1.165) is 25.2 Å². The van der Waals surface area contributed by atoms with Crippen LogP contribution in [0.1, 0.15) is 37.8 Å². The van der Waals surface area contributed by atoms with Gasteiger partial charge in [-0.15, -0.1) is 0 Å². The maximum absolute atomic E-state index is 12.9. The molecule has 0 bridgehead atoms. The third-order valence-corrected chi connectivity index (χ3v) is 8.58. The van der Waals surface area contributed by atoms with Crippen LogP contribution in [0.5, 0.6) is 0 Å². The van der Waals surface area contributed by atoms with Crippen LogP contribution in [0.15, 0.2) is 59.5 Å². The number of piperidine rings is 1. The van der Waals surface area contributed by atoms with Gasteiger partial charge in [0.2, 0.25) is 15.9 Å². The normalized spacial score (nSPS) is 23.0. The van der Waals surface area contributed by atoms with Crippen molar-refractivity contribution in [2.24, 2.45) is 5.92 Å². The van der Waals surface area contributed by atoms with Crippen molar-refractivity contribution in [3.05, 3.63) is 65.7 Å². The van der Waals surface area contributed by atoms with Gasteiger partial charge in [-0.1, -0.05) is 42.5 Å². The molecule has 2 aliphatic heterocycles. The highest BCUT2D eigenvalue weighted by Gasteiger charge is 2.32. The predicted molar refractivity (Wildman–Crippen MR) is 131 cm³/mol. The molecule has 1 N–H and O–H groups in total. The summed E-state index contributed by atoms with van der Waals surface area (Å²) < 4.78 is 33.0. The molecule has 8 heteroatoms. The molecular formula is C26H35N3O4S. The van der Waals surface area contributed by atoms with Crippen LogP contribution in [0.2, 0.25) is 0 Å². The second-order valence-electron chi connectivity index (χ2n) is 9.43. The first kappa shape index (κ1) is 24.9. The van der Waals surface area contributed by atoms with E-state index in [-0.39, 0.29) is 24.0 Å². The van der Waals surface area contributed by atoms with Crippen LogP contribution in [-0.2, 0) is 32.6 Å². The highest BCUT2D eigenvalue weighted by atomic mass is 32.2. The number of carbonyl (C=O) groups is 1. The van der Waals surface area contributed by atoms with Crippen molar-refractivity contribution in [2.75, 3.05) is 26.2 Å². The lowest BCUT2D eigenvalue weighted by Gasteiger charge is -2.35. The van der Waals surface area contributed by atoms with E-state index in [9.17, 15) is 13.2 Å². The topological polar surface area (TPSA) is 79.0 Å². The molecule has 2 atom stereocenters. The molecule has 0 radical (unpaired) electrons. The molecule has 2 aliphatic rings. The third-order valence-electron chi connectivity index (χ3n) is 6.67. The zero-order valence-corrected chi connectivity index (χ0v) is 20.8. The summed E-state index contributed by atoms with van der Waals surface area (Å²) >= 11 is 0. The molecule has 2 heterocycles. The Morgan fingerprint density at radius 3 is 2.18 bits per heavy atom. The highest BCUT2D eigenvalue weighted by molar-refractivity contribution is 7.89. The van der Waals surface area contributed by atoms with Gasteiger partial charge in [-0.3, -0.25) is 9.69 Å². The number of sulfonamides is 1. The number of benzene rings is 2. The average Bonchev–Trinajstić information content (AvgIpc) is 2.83. The van der Waals surface area contributed by atoms with Gasteiger partial charge in [0, 0.05) is 45.2 Å². The molecule has 0 spiro atoms. The first-order valence-corrected chi connectivity index (χ1v) is 13.5. The zero-order chi connectivity index (χ0) is 24.1. The van der Waals surface area contributed by atoms with Gasteiger partial charge in [0.25, 0.3) is 0 Å². The van der Waals surface area contributed by atoms with E-state index in [1.807, 2.05) is 12.1 Å². The van der Waals surface area contributed by atoms with E-state index in [4.69, 9.17) is 4.74 Å². The fraction of sp³-hybridized carbons (Fsp3) is 0.500. The lowest BCUT2D eigenvalue weighted by atomic mass is 9.97. The Labute approximate surface area is 203 Å². The van der Waals surface area contributed by atoms with Crippen molar-refractivity contribution < 1.29 is 17.9 Å². The summed E-state index contributed by atoms with van der Waals surface area (Å²) in [6.07, 6.45) is 1.49. The summed E-state index contributed by atoms with van der Waals surface area (Å²) in [6.45, 7) is 8.03. The van der Waals surface area contributed by atoms with Crippen LogP contribution in [-0.4, -0.2) is 61.9 Å². The lowest BCUT2D eigenvalue weighted by Crippen LogP contribution is -2.45. The van der Waals surface area contributed by atoms with Crippen LogP contribution >= 0.6 is 0 Å². The van der Waals surface area contributed by atoms with E-state index in [0.29, 0.717) is 37.4 Å². The van der Waals surface area contributed by atoms with Gasteiger partial charge < -0.3 is 10.1 Å². The molecule has 1 amide bonds. The maximum Gasteiger partial charge on any atom is 0.243 e. The van der Waals surface area contributed by atoms with Crippen molar-refractivity contribution in [1.82, 2.24) is 14.5 Å². The average molecular weight is 486 g/mol. The van der Waals surface area contributed by atoms with Gasteiger partial charge in [-0.2, -0.15) is 4.31 Å². The van der Waals surface area contributed by atoms with Crippen LogP contribution in [0, 0.1) is 5.92 Å². The first-order valence-electron chi connectivity index (χ1n) is 12.1. The van der Waals surface area contributed by atoms with Gasteiger partial charge in [-0.25, -0.2) is 8.42 Å². The van der Waals surface area contributed by atoms with Gasteiger partial charge in [-0.05, 0) is 49.9 Å². The summed E-state index contributed by atoms with van der Waals surface area (Å²) in [7, 11) is -3.51. The van der Waals surface area contributed by atoms with Crippen molar-refractivity contribution in [1.29, 1.82) is 0 Å². The molecule has 2 saturated heterocycles. The quantitative estimate of drug-likeness (QED) is 0.652. The molecule has 7 nitrogen and oxygen atoms in total. The Morgan fingerprint density at radius 2 is 1.53 bits per heavy atom. The van der Waals surface area contributed by atoms with Crippen LogP contribution < -0.4 is 5.32 Å². The zero-order valence-electron chi connectivity index (χ0n) is 20.0. The van der Waals surface area contributed by atoms with Gasteiger partial charge in [0.1, 0.15) is 0 Å². The Hall–Kier alpha value is -2.26. The van der Waals surface area contributed by atoms with E-state index in [1.165, 1.54) is 9.87 Å². The molecule has 0 aliphatic carbocycles. The lowest BCUT2D eigenvalue weighted by molar-refractivity contribution is -0.126. The molecule has 4 rings (SSSR count). The minimum atomic E-state index is -3.51. The second kappa shape index (κ2) is 11.0. The number of nitrogens with one attached hydrogen (secondary N) is 1. The summed E-state index contributed by atoms with van der Waals surface area (Å²) in [5, 5.41) is 3.10. The fourth-order valence-corrected chi connectivity index (χ4v) is 6.46. The molecule has 34 heavy (non-hydrogen) atoms. The van der Waals surface area contributed by atoms with Gasteiger partial charge in [0.15, 0.2) is 0 Å². The second-order valence-corrected chi connectivity index (χ2v) is 11.4. The van der Waals surface area contributed by atoms with Crippen LogP contribution in [0.4, 0.5) is 0 Å². The number of hydrogen-bond acceptors (Lipinski definition) is 5. The Balaban J connectivity index is 1.30. The van der Waals surface area contributed by atoms with Crippen molar-refractivity contribution >= 4 is 15.9 Å². The van der Waals surface area contributed by atoms with Crippen LogP contribution in [0.25, 0.3) is 0 Å². The number of ether oxygens (including phenoxy) is 1. The minimum Gasteiger partial charge on any atom is -0.373 e. The largest absolute Gasteiger partial charge is 0.373 e. The Bertz CT molecular complexity index is 1060. The molecule has 0 saturated carbocycles. The molecule has 2 aromatic rings. The monoisotopic (exact) mass is 485 g/mol. The van der Waals surface area contributed by atoms with E-state index in [2.05, 4.69) is 36.2 Å². The summed E-state index contributed by atoms with van der Waals surface area (Å²) in [6, 6.07) is 16.7. The Morgan fingerprint density at radius 1 is 0.941 bits per heavy atom. The fourth-order valence-electron chi connectivity index (χ4n) is 4.97. The van der Waals surface area contributed by atoms with Crippen molar-refractivity contribution in [3.63, 3.8) is 0 Å². The maximum atomic E-state index is 12.9. The highest BCUT2D eigenvalue weighted by Crippen LogP contribution is 2.24. The van der Waals surface area contributed by atoms with E-state index >= 15 is 0 Å². The molecule has 2 aromatic carbocycles. The van der Waals surface area contributed by atoms with Gasteiger partial charge in [0.05, 0.1) is 17.1 Å². The Kier molecular flexibility index (Phi) is 8.03. The number of amides is 1. The van der Waals surface area contributed by atoms with Crippen LogP contribution in [0.3, 0.4) is 0 Å². The number of rotatable bonds is 7.